The molecule has 0 aliphatic heterocycles. The Morgan fingerprint density at radius 3 is 2.39 bits per heavy atom. The Labute approximate surface area is 104 Å². The monoisotopic (exact) mass is 263 g/mol. The van der Waals surface area contributed by atoms with Gasteiger partial charge in [-0.15, -0.1) is 0 Å². The number of hydroxylamine groups is 1. The lowest BCUT2D eigenvalue weighted by Gasteiger charge is -2.09. The molecule has 0 amide bonds. The van der Waals surface area contributed by atoms with Crippen molar-refractivity contribution in [2.75, 3.05) is 13.2 Å². The van der Waals surface area contributed by atoms with Crippen molar-refractivity contribution in [3.8, 4) is 5.75 Å². The van der Waals surface area contributed by atoms with Crippen LogP contribution in [0.5, 0.6) is 5.75 Å². The molecule has 0 aromatic heterocycles. The zero-order valence-electron chi connectivity index (χ0n) is 10.1. The molecule has 0 radical (unpaired) electrons. The maximum absolute atomic E-state index is 11.8. The first-order valence-electron chi connectivity index (χ1n) is 5.64. The van der Waals surface area contributed by atoms with E-state index in [1.807, 2.05) is 6.92 Å². The van der Waals surface area contributed by atoms with Gasteiger partial charge in [0.2, 0.25) is 0 Å². The molecule has 0 aliphatic carbocycles. The Kier molecular flexibility index (Phi) is 5.94. The van der Waals surface area contributed by atoms with Crippen LogP contribution in [0.1, 0.15) is 18.9 Å². The predicted octanol–water partition coefficient (Wildman–Crippen LogP) is 3.06. The number of rotatable bonds is 7. The molecule has 102 valence electrons. The normalized spacial score (nSPS) is 11.6. The van der Waals surface area contributed by atoms with Gasteiger partial charge in [0.15, 0.2) is 6.61 Å². The average molecular weight is 263 g/mol. The highest BCUT2D eigenvalue weighted by atomic mass is 19.4. The first-order chi connectivity index (χ1) is 8.51. The molecule has 0 fully saturated rings. The van der Waals surface area contributed by atoms with Crippen LogP contribution in [0.3, 0.4) is 0 Å². The van der Waals surface area contributed by atoms with Crippen LogP contribution in [0.15, 0.2) is 24.3 Å². The van der Waals surface area contributed by atoms with E-state index in [1.165, 1.54) is 0 Å². The minimum absolute atomic E-state index is 0.212. The Bertz CT molecular complexity index is 338. The van der Waals surface area contributed by atoms with Gasteiger partial charge in [0, 0.05) is 6.54 Å². The van der Waals surface area contributed by atoms with Crippen molar-refractivity contribution in [1.29, 1.82) is 0 Å². The summed E-state index contributed by atoms with van der Waals surface area (Å²) in [6, 6.07) is 7.09. The molecule has 0 aliphatic rings. The summed E-state index contributed by atoms with van der Waals surface area (Å²) in [5.74, 6) is 0.747. The summed E-state index contributed by atoms with van der Waals surface area (Å²) in [7, 11) is 0. The van der Waals surface area contributed by atoms with Gasteiger partial charge in [-0.05, 0) is 24.1 Å². The lowest BCUT2D eigenvalue weighted by atomic mass is 10.2. The maximum atomic E-state index is 11.8. The third kappa shape index (κ3) is 6.46. The summed E-state index contributed by atoms with van der Waals surface area (Å²) < 4.78 is 40.7. The predicted molar refractivity (Wildman–Crippen MR) is 61.1 cm³/mol. The third-order valence-corrected chi connectivity index (χ3v) is 2.01. The van der Waals surface area contributed by atoms with E-state index >= 15 is 0 Å². The first-order valence-corrected chi connectivity index (χ1v) is 5.64. The van der Waals surface area contributed by atoms with Crippen LogP contribution in [0.25, 0.3) is 0 Å². The van der Waals surface area contributed by atoms with E-state index in [0.29, 0.717) is 6.61 Å². The van der Waals surface area contributed by atoms with Crippen LogP contribution in [0, 0.1) is 0 Å². The number of hydrogen-bond acceptors (Lipinski definition) is 3. The molecule has 0 heterocycles. The van der Waals surface area contributed by atoms with Crippen molar-refractivity contribution < 1.29 is 22.7 Å². The zero-order valence-corrected chi connectivity index (χ0v) is 10.1. The Balaban J connectivity index is 2.26. The second kappa shape index (κ2) is 7.23. The van der Waals surface area contributed by atoms with Gasteiger partial charge in [0.05, 0.1) is 6.61 Å². The van der Waals surface area contributed by atoms with Crippen molar-refractivity contribution in [3.63, 3.8) is 0 Å². The van der Waals surface area contributed by atoms with Crippen molar-refractivity contribution in [1.82, 2.24) is 5.48 Å². The topological polar surface area (TPSA) is 30.5 Å². The molecule has 1 aromatic carbocycles. The van der Waals surface area contributed by atoms with Gasteiger partial charge in [-0.2, -0.15) is 18.7 Å². The number of alkyl halides is 3. The largest absolute Gasteiger partial charge is 0.494 e. The number of benzene rings is 1. The quantitative estimate of drug-likeness (QED) is 0.606. The molecular weight excluding hydrogens is 247 g/mol. The fourth-order valence-electron chi connectivity index (χ4n) is 1.19. The van der Waals surface area contributed by atoms with Crippen molar-refractivity contribution >= 4 is 0 Å². The number of nitrogens with one attached hydrogen (secondary N) is 1. The lowest BCUT2D eigenvalue weighted by Crippen LogP contribution is -2.24. The van der Waals surface area contributed by atoms with E-state index in [2.05, 4.69) is 10.3 Å². The minimum atomic E-state index is -4.31. The SMILES string of the molecule is CCCOc1ccc(CNOCC(F)(F)F)cc1. The average Bonchev–Trinajstić information content (AvgIpc) is 2.32. The summed E-state index contributed by atoms with van der Waals surface area (Å²) in [6.07, 6.45) is -3.39. The summed E-state index contributed by atoms with van der Waals surface area (Å²) >= 11 is 0. The summed E-state index contributed by atoms with van der Waals surface area (Å²) in [6.45, 7) is 1.57. The van der Waals surface area contributed by atoms with Crippen LogP contribution in [0.2, 0.25) is 0 Å². The fourth-order valence-corrected chi connectivity index (χ4v) is 1.19. The van der Waals surface area contributed by atoms with Gasteiger partial charge in [0.25, 0.3) is 0 Å². The highest BCUT2D eigenvalue weighted by molar-refractivity contribution is 5.27. The second-order valence-electron chi connectivity index (χ2n) is 3.72. The maximum Gasteiger partial charge on any atom is 0.413 e. The van der Waals surface area contributed by atoms with Crippen molar-refractivity contribution in [3.05, 3.63) is 29.8 Å². The molecule has 0 unspecified atom stereocenters. The molecule has 3 nitrogen and oxygen atoms in total. The highest BCUT2D eigenvalue weighted by Gasteiger charge is 2.27. The van der Waals surface area contributed by atoms with Crippen molar-refractivity contribution in [2.24, 2.45) is 0 Å². The smallest absolute Gasteiger partial charge is 0.413 e. The molecule has 1 rings (SSSR count). The van der Waals surface area contributed by atoms with E-state index in [1.54, 1.807) is 24.3 Å². The molecule has 18 heavy (non-hydrogen) atoms. The van der Waals surface area contributed by atoms with Gasteiger partial charge in [-0.3, -0.25) is 4.84 Å². The van der Waals surface area contributed by atoms with E-state index < -0.39 is 12.8 Å². The van der Waals surface area contributed by atoms with Crippen molar-refractivity contribution in [2.45, 2.75) is 26.1 Å². The van der Waals surface area contributed by atoms with Gasteiger partial charge >= 0.3 is 6.18 Å². The Hall–Kier alpha value is -1.27. The molecule has 1 N–H and O–H groups in total. The molecule has 0 bridgehead atoms. The third-order valence-electron chi connectivity index (χ3n) is 2.01. The van der Waals surface area contributed by atoms with Gasteiger partial charge in [0.1, 0.15) is 5.75 Å². The fraction of sp³-hybridized carbons (Fsp3) is 0.500. The Morgan fingerprint density at radius 2 is 1.83 bits per heavy atom. The number of ether oxygens (including phenoxy) is 1. The van der Waals surface area contributed by atoms with Crippen LogP contribution in [-0.4, -0.2) is 19.4 Å². The molecular formula is C12H16F3NO2. The number of hydrogen-bond donors (Lipinski definition) is 1. The zero-order chi connectivity index (χ0) is 13.4. The summed E-state index contributed by atoms with van der Waals surface area (Å²) in [4.78, 5) is 4.29. The van der Waals surface area contributed by atoms with Crippen LogP contribution in [-0.2, 0) is 11.4 Å². The molecule has 6 heteroatoms. The molecule has 0 saturated carbocycles. The lowest BCUT2D eigenvalue weighted by molar-refractivity contribution is -0.190. The van der Waals surface area contributed by atoms with Crippen LogP contribution in [0.4, 0.5) is 13.2 Å². The molecule has 0 saturated heterocycles. The molecule has 0 spiro atoms. The van der Waals surface area contributed by atoms with Gasteiger partial charge in [-0.1, -0.05) is 19.1 Å². The molecule has 0 atom stereocenters. The first kappa shape index (κ1) is 14.8. The minimum Gasteiger partial charge on any atom is -0.494 e. The van der Waals surface area contributed by atoms with E-state index in [0.717, 1.165) is 17.7 Å². The standard InChI is InChI=1S/C12H16F3NO2/c1-2-7-17-11-5-3-10(4-6-11)8-16-18-9-12(13,14)15/h3-6,16H,2,7-9H2,1H3. The summed E-state index contributed by atoms with van der Waals surface area (Å²) in [5, 5.41) is 0. The van der Waals surface area contributed by atoms with E-state index in [-0.39, 0.29) is 6.54 Å². The molecule has 1 aromatic rings. The van der Waals surface area contributed by atoms with E-state index in [4.69, 9.17) is 4.74 Å². The van der Waals surface area contributed by atoms with E-state index in [9.17, 15) is 13.2 Å². The van der Waals surface area contributed by atoms with Crippen LogP contribution >= 0.6 is 0 Å². The summed E-state index contributed by atoms with van der Waals surface area (Å²) in [5.41, 5.74) is 3.08. The second-order valence-corrected chi connectivity index (χ2v) is 3.72. The van der Waals surface area contributed by atoms with Gasteiger partial charge in [-0.25, -0.2) is 0 Å². The number of halogens is 3. The highest BCUT2D eigenvalue weighted by Crippen LogP contribution is 2.14. The van der Waals surface area contributed by atoms with Gasteiger partial charge < -0.3 is 4.74 Å². The Morgan fingerprint density at radius 1 is 1.17 bits per heavy atom. The van der Waals surface area contributed by atoms with Crippen LogP contribution < -0.4 is 10.2 Å².